The van der Waals surface area contributed by atoms with E-state index in [1.165, 1.54) is 19.3 Å². The van der Waals surface area contributed by atoms with Crippen molar-refractivity contribution in [3.05, 3.63) is 42.5 Å². The van der Waals surface area contributed by atoms with Crippen LogP contribution < -0.4 is 9.47 Å². The Labute approximate surface area is 110 Å². The van der Waals surface area contributed by atoms with Crippen molar-refractivity contribution in [1.82, 2.24) is 0 Å². The van der Waals surface area contributed by atoms with E-state index in [1.54, 1.807) is 37.3 Å². The lowest BCUT2D eigenvalue weighted by molar-refractivity contribution is -0.128. The van der Waals surface area contributed by atoms with Crippen molar-refractivity contribution in [1.29, 1.82) is 0 Å². The predicted octanol–water partition coefficient (Wildman–Crippen LogP) is 3.04. The first-order valence-electron chi connectivity index (χ1n) is 5.80. The standard InChI is InChI=1S/C15H14O4/c1-3-5-14(17)19-12-9-8-11(16)15-10(12)6-4-7-13(15)18-2/h3-9,16H,1-2H3/b5-3+. The number of fused-ring (bicyclic) bond motifs is 1. The Kier molecular flexibility index (Phi) is 3.71. The Balaban J connectivity index is 2.58. The number of phenols is 1. The van der Waals surface area contributed by atoms with Crippen LogP contribution in [-0.2, 0) is 4.79 Å². The van der Waals surface area contributed by atoms with Gasteiger partial charge >= 0.3 is 5.97 Å². The number of allylic oxidation sites excluding steroid dienone is 1. The number of carbonyl (C=O) groups excluding carboxylic acids is 1. The molecule has 0 bridgehead atoms. The molecular weight excluding hydrogens is 244 g/mol. The van der Waals surface area contributed by atoms with E-state index >= 15 is 0 Å². The van der Waals surface area contributed by atoms with Crippen LogP contribution in [0.2, 0.25) is 0 Å². The molecule has 0 amide bonds. The lowest BCUT2D eigenvalue weighted by Crippen LogP contribution is -2.04. The van der Waals surface area contributed by atoms with Gasteiger partial charge in [0.25, 0.3) is 0 Å². The number of aromatic hydroxyl groups is 1. The number of benzene rings is 2. The number of hydrogen-bond acceptors (Lipinski definition) is 4. The van der Waals surface area contributed by atoms with Crippen molar-refractivity contribution in [2.45, 2.75) is 6.92 Å². The van der Waals surface area contributed by atoms with Crippen molar-refractivity contribution < 1.29 is 19.4 Å². The summed E-state index contributed by atoms with van der Waals surface area (Å²) < 4.78 is 10.4. The second kappa shape index (κ2) is 5.44. The highest BCUT2D eigenvalue weighted by atomic mass is 16.5. The monoisotopic (exact) mass is 258 g/mol. The molecule has 0 fully saturated rings. The average Bonchev–Trinajstić information content (AvgIpc) is 2.41. The van der Waals surface area contributed by atoms with Gasteiger partial charge in [0, 0.05) is 11.5 Å². The van der Waals surface area contributed by atoms with Crippen LogP contribution in [0.15, 0.2) is 42.5 Å². The molecule has 4 heteroatoms. The summed E-state index contributed by atoms with van der Waals surface area (Å²) in [6.07, 6.45) is 2.93. The molecule has 98 valence electrons. The number of rotatable bonds is 3. The number of esters is 1. The molecule has 0 aliphatic heterocycles. The quantitative estimate of drug-likeness (QED) is 0.522. The second-order valence-corrected chi connectivity index (χ2v) is 3.89. The number of ether oxygens (including phenoxy) is 2. The number of carbonyl (C=O) groups is 1. The van der Waals surface area contributed by atoms with Gasteiger partial charge in [-0.05, 0) is 25.1 Å². The molecule has 2 aromatic carbocycles. The average molecular weight is 258 g/mol. The molecule has 0 aliphatic carbocycles. The molecule has 0 aromatic heterocycles. The second-order valence-electron chi connectivity index (χ2n) is 3.89. The largest absolute Gasteiger partial charge is 0.507 e. The highest BCUT2D eigenvalue weighted by molar-refractivity contribution is 5.99. The van der Waals surface area contributed by atoms with Crippen molar-refractivity contribution in [3.8, 4) is 17.2 Å². The third kappa shape index (κ3) is 2.52. The smallest absolute Gasteiger partial charge is 0.335 e. The molecule has 0 saturated heterocycles. The minimum absolute atomic E-state index is 0.0817. The highest BCUT2D eigenvalue weighted by Crippen LogP contribution is 2.38. The lowest BCUT2D eigenvalue weighted by atomic mass is 10.1. The van der Waals surface area contributed by atoms with Gasteiger partial charge in [0.05, 0.1) is 12.5 Å². The fourth-order valence-corrected chi connectivity index (χ4v) is 1.87. The van der Waals surface area contributed by atoms with Crippen LogP contribution in [0.3, 0.4) is 0 Å². The topological polar surface area (TPSA) is 55.8 Å². The summed E-state index contributed by atoms with van der Waals surface area (Å²) in [6, 6.07) is 8.30. The number of hydrogen-bond donors (Lipinski definition) is 1. The molecule has 0 saturated carbocycles. The van der Waals surface area contributed by atoms with E-state index in [4.69, 9.17) is 9.47 Å². The summed E-state index contributed by atoms with van der Waals surface area (Å²) in [5.74, 6) is 0.532. The normalized spacial score (nSPS) is 10.8. The summed E-state index contributed by atoms with van der Waals surface area (Å²) in [5.41, 5.74) is 0. The van der Waals surface area contributed by atoms with Crippen LogP contribution in [-0.4, -0.2) is 18.2 Å². The molecular formula is C15H14O4. The van der Waals surface area contributed by atoms with E-state index in [2.05, 4.69) is 0 Å². The molecule has 0 radical (unpaired) electrons. The molecule has 0 unspecified atom stereocenters. The van der Waals surface area contributed by atoms with Crippen LogP contribution in [0.25, 0.3) is 10.8 Å². The minimum Gasteiger partial charge on any atom is -0.507 e. The van der Waals surface area contributed by atoms with E-state index in [0.29, 0.717) is 22.3 Å². The zero-order chi connectivity index (χ0) is 13.8. The molecule has 0 spiro atoms. The minimum atomic E-state index is -0.461. The third-order valence-electron chi connectivity index (χ3n) is 2.67. The fourth-order valence-electron chi connectivity index (χ4n) is 1.87. The SMILES string of the molecule is C/C=C/C(=O)Oc1ccc(O)c2c(OC)cccc12. The van der Waals surface area contributed by atoms with Gasteiger partial charge in [-0.25, -0.2) is 4.79 Å². The van der Waals surface area contributed by atoms with E-state index in [9.17, 15) is 9.90 Å². The van der Waals surface area contributed by atoms with Gasteiger partial charge in [-0.1, -0.05) is 18.2 Å². The van der Waals surface area contributed by atoms with Gasteiger partial charge in [-0.2, -0.15) is 0 Å². The maximum atomic E-state index is 11.5. The Hall–Kier alpha value is -2.49. The first-order valence-corrected chi connectivity index (χ1v) is 5.80. The fraction of sp³-hybridized carbons (Fsp3) is 0.133. The maximum Gasteiger partial charge on any atom is 0.335 e. The van der Waals surface area contributed by atoms with Crippen LogP contribution in [0.4, 0.5) is 0 Å². The molecule has 2 aromatic rings. The molecule has 0 atom stereocenters. The van der Waals surface area contributed by atoms with Gasteiger partial charge in [0.15, 0.2) is 0 Å². The molecule has 0 heterocycles. The Bertz CT molecular complexity index is 644. The number of phenolic OH excluding ortho intramolecular Hbond substituents is 1. The van der Waals surface area contributed by atoms with E-state index < -0.39 is 5.97 Å². The van der Waals surface area contributed by atoms with Gasteiger partial charge < -0.3 is 14.6 Å². The zero-order valence-corrected chi connectivity index (χ0v) is 10.7. The first kappa shape index (κ1) is 13.0. The van der Waals surface area contributed by atoms with E-state index in [1.807, 2.05) is 0 Å². The maximum absolute atomic E-state index is 11.5. The molecule has 1 N–H and O–H groups in total. The molecule has 2 rings (SSSR count). The van der Waals surface area contributed by atoms with E-state index in [0.717, 1.165) is 0 Å². The van der Waals surface area contributed by atoms with Crippen LogP contribution >= 0.6 is 0 Å². The van der Waals surface area contributed by atoms with Crippen molar-refractivity contribution in [2.24, 2.45) is 0 Å². The zero-order valence-electron chi connectivity index (χ0n) is 10.7. The van der Waals surface area contributed by atoms with Crippen LogP contribution in [0.1, 0.15) is 6.92 Å². The Morgan fingerprint density at radius 2 is 2.00 bits per heavy atom. The summed E-state index contributed by atoms with van der Waals surface area (Å²) in [7, 11) is 1.52. The van der Waals surface area contributed by atoms with Gasteiger partial charge in [0.2, 0.25) is 0 Å². The van der Waals surface area contributed by atoms with Gasteiger partial charge in [-0.3, -0.25) is 0 Å². The Morgan fingerprint density at radius 3 is 2.68 bits per heavy atom. The van der Waals surface area contributed by atoms with Crippen LogP contribution in [0, 0.1) is 0 Å². The molecule has 0 aliphatic rings. The third-order valence-corrected chi connectivity index (χ3v) is 2.67. The Morgan fingerprint density at radius 1 is 1.21 bits per heavy atom. The predicted molar refractivity (Wildman–Crippen MR) is 72.6 cm³/mol. The molecule has 19 heavy (non-hydrogen) atoms. The van der Waals surface area contributed by atoms with E-state index in [-0.39, 0.29) is 5.75 Å². The summed E-state index contributed by atoms with van der Waals surface area (Å²) in [6.45, 7) is 1.74. The van der Waals surface area contributed by atoms with Gasteiger partial charge in [-0.15, -0.1) is 0 Å². The summed E-state index contributed by atoms with van der Waals surface area (Å²) in [4.78, 5) is 11.5. The van der Waals surface area contributed by atoms with Crippen molar-refractivity contribution in [2.75, 3.05) is 7.11 Å². The summed E-state index contributed by atoms with van der Waals surface area (Å²) in [5, 5.41) is 11.1. The van der Waals surface area contributed by atoms with Gasteiger partial charge in [0.1, 0.15) is 17.2 Å². The first-order chi connectivity index (χ1) is 9.17. The highest BCUT2D eigenvalue weighted by Gasteiger charge is 2.12. The lowest BCUT2D eigenvalue weighted by Gasteiger charge is -2.10. The van der Waals surface area contributed by atoms with Crippen LogP contribution in [0.5, 0.6) is 17.2 Å². The van der Waals surface area contributed by atoms with Crippen molar-refractivity contribution >= 4 is 16.7 Å². The van der Waals surface area contributed by atoms with Crippen molar-refractivity contribution in [3.63, 3.8) is 0 Å². The number of methoxy groups -OCH3 is 1. The molecule has 4 nitrogen and oxygen atoms in total. The summed E-state index contributed by atoms with van der Waals surface area (Å²) >= 11 is 0.